The lowest BCUT2D eigenvalue weighted by molar-refractivity contribution is 0.590. The number of aryl methyl sites for hydroxylation is 1. The van der Waals surface area contributed by atoms with Gasteiger partial charge in [-0.15, -0.1) is 0 Å². The van der Waals surface area contributed by atoms with Gasteiger partial charge in [-0.25, -0.2) is 12.4 Å². The lowest BCUT2D eigenvalue weighted by atomic mass is 10.1. The molecule has 0 saturated heterocycles. The van der Waals surface area contributed by atoms with E-state index in [-0.39, 0.29) is 0 Å². The summed E-state index contributed by atoms with van der Waals surface area (Å²) < 4.78 is 28.5. The maximum absolute atomic E-state index is 13.5. The molecule has 0 bridgehead atoms. The van der Waals surface area contributed by atoms with Gasteiger partial charge in [-0.05, 0) is 48.0 Å². The van der Waals surface area contributed by atoms with Crippen LogP contribution in [0.4, 0.5) is 0 Å². The van der Waals surface area contributed by atoms with Crippen LogP contribution in [0.25, 0.3) is 32.6 Å². The van der Waals surface area contributed by atoms with Gasteiger partial charge >= 0.3 is 0 Å². The minimum absolute atomic E-state index is 0.295. The van der Waals surface area contributed by atoms with Gasteiger partial charge in [-0.1, -0.05) is 60.2 Å². The number of para-hydroxylation sites is 1. The van der Waals surface area contributed by atoms with Crippen LogP contribution in [0, 0.1) is 6.92 Å². The van der Waals surface area contributed by atoms with E-state index < -0.39 is 10.0 Å². The zero-order chi connectivity index (χ0) is 18.6. The Morgan fingerprint density at radius 1 is 0.667 bits per heavy atom. The van der Waals surface area contributed by atoms with Crippen LogP contribution in [0.1, 0.15) is 5.56 Å². The molecule has 0 aliphatic carbocycles. The van der Waals surface area contributed by atoms with Crippen LogP contribution in [-0.4, -0.2) is 12.4 Å². The molecule has 0 fully saturated rings. The lowest BCUT2D eigenvalue weighted by Gasteiger charge is -2.10. The summed E-state index contributed by atoms with van der Waals surface area (Å²) in [5.41, 5.74) is 2.43. The molecule has 5 aromatic rings. The Bertz CT molecular complexity index is 1430. The van der Waals surface area contributed by atoms with E-state index in [2.05, 4.69) is 12.1 Å². The van der Waals surface area contributed by atoms with Gasteiger partial charge in [0.05, 0.1) is 15.9 Å². The number of hydrogen-bond donors (Lipinski definition) is 0. The molecule has 3 nitrogen and oxygen atoms in total. The van der Waals surface area contributed by atoms with Crippen LogP contribution < -0.4 is 0 Å². The van der Waals surface area contributed by atoms with E-state index in [0.29, 0.717) is 15.9 Å². The molecule has 0 amide bonds. The Hall–Kier alpha value is -3.11. The fraction of sp³-hybridized carbons (Fsp3) is 0.0435. The van der Waals surface area contributed by atoms with E-state index in [1.54, 1.807) is 12.1 Å². The summed E-state index contributed by atoms with van der Waals surface area (Å²) in [5.74, 6) is 0. The van der Waals surface area contributed by atoms with Crippen LogP contribution in [0.3, 0.4) is 0 Å². The van der Waals surface area contributed by atoms with Gasteiger partial charge < -0.3 is 0 Å². The maximum Gasteiger partial charge on any atom is 0.268 e. The number of hydrogen-bond acceptors (Lipinski definition) is 2. The third kappa shape index (κ3) is 2.37. The van der Waals surface area contributed by atoms with Crippen molar-refractivity contribution in [2.45, 2.75) is 11.8 Å². The molecule has 0 atom stereocenters. The summed E-state index contributed by atoms with van der Waals surface area (Å²) in [7, 11) is -3.72. The molecule has 0 N–H and O–H groups in total. The second-order valence-electron chi connectivity index (χ2n) is 6.82. The van der Waals surface area contributed by atoms with Gasteiger partial charge in [0.25, 0.3) is 10.0 Å². The molecule has 0 radical (unpaired) electrons. The maximum atomic E-state index is 13.5. The summed E-state index contributed by atoms with van der Waals surface area (Å²) in [6.45, 7) is 1.95. The van der Waals surface area contributed by atoms with Crippen LogP contribution in [0.5, 0.6) is 0 Å². The molecule has 0 spiro atoms. The zero-order valence-electron chi connectivity index (χ0n) is 14.8. The second kappa shape index (κ2) is 5.69. The summed E-state index contributed by atoms with van der Waals surface area (Å²) in [6.07, 6.45) is 0. The van der Waals surface area contributed by atoms with Crippen molar-refractivity contribution >= 4 is 42.6 Å². The van der Waals surface area contributed by atoms with Crippen molar-refractivity contribution in [2.75, 3.05) is 0 Å². The highest BCUT2D eigenvalue weighted by atomic mass is 32.2. The summed E-state index contributed by atoms with van der Waals surface area (Å²) in [6, 6.07) is 26.7. The monoisotopic (exact) mass is 371 g/mol. The highest BCUT2D eigenvalue weighted by molar-refractivity contribution is 7.90. The molecule has 0 aliphatic heterocycles. The first-order valence-corrected chi connectivity index (χ1v) is 10.2. The van der Waals surface area contributed by atoms with Crippen LogP contribution in [0.15, 0.2) is 89.8 Å². The first-order valence-electron chi connectivity index (χ1n) is 8.80. The number of nitrogens with zero attached hydrogens (tertiary/aromatic N) is 1. The molecule has 4 aromatic carbocycles. The normalized spacial score (nSPS) is 12.2. The number of benzene rings is 4. The third-order valence-corrected chi connectivity index (χ3v) is 6.80. The minimum atomic E-state index is -3.72. The van der Waals surface area contributed by atoms with Gasteiger partial charge in [0.2, 0.25) is 0 Å². The predicted octanol–water partition coefficient (Wildman–Crippen LogP) is 5.49. The van der Waals surface area contributed by atoms with Gasteiger partial charge in [0.15, 0.2) is 0 Å². The highest BCUT2D eigenvalue weighted by Gasteiger charge is 2.23. The summed E-state index contributed by atoms with van der Waals surface area (Å²) in [5, 5.41) is 4.00. The van der Waals surface area contributed by atoms with Crippen LogP contribution in [0.2, 0.25) is 0 Å². The standard InChI is InChI=1S/C23H17NO2S/c1-16-10-12-19(13-11-16)27(25,26)24-22-9-5-4-8-20(22)21-14-17-6-2-3-7-18(17)15-23(21)24/h2-15H,1H3. The number of aromatic nitrogens is 1. The van der Waals surface area contributed by atoms with Gasteiger partial charge in [-0.3, -0.25) is 0 Å². The first-order chi connectivity index (χ1) is 13.1. The largest absolute Gasteiger partial charge is 0.268 e. The molecule has 4 heteroatoms. The van der Waals surface area contributed by atoms with Crippen LogP contribution >= 0.6 is 0 Å². The Morgan fingerprint density at radius 2 is 1.30 bits per heavy atom. The van der Waals surface area contributed by atoms with Crippen molar-refractivity contribution in [1.82, 2.24) is 3.97 Å². The molecule has 0 saturated carbocycles. The highest BCUT2D eigenvalue weighted by Crippen LogP contribution is 2.35. The molecule has 0 unspecified atom stereocenters. The van der Waals surface area contributed by atoms with Crippen molar-refractivity contribution in [3.63, 3.8) is 0 Å². The van der Waals surface area contributed by atoms with Gasteiger partial charge in [0, 0.05) is 10.8 Å². The van der Waals surface area contributed by atoms with Gasteiger partial charge in [0.1, 0.15) is 0 Å². The van der Waals surface area contributed by atoms with E-state index in [0.717, 1.165) is 27.1 Å². The molecule has 1 heterocycles. The molecule has 27 heavy (non-hydrogen) atoms. The fourth-order valence-corrected chi connectivity index (χ4v) is 5.21. The van der Waals surface area contributed by atoms with Crippen molar-refractivity contribution in [3.05, 3.63) is 90.5 Å². The Balaban J connectivity index is 1.95. The fourth-order valence-electron chi connectivity index (χ4n) is 3.69. The third-order valence-electron chi connectivity index (χ3n) is 5.06. The van der Waals surface area contributed by atoms with Crippen LogP contribution in [-0.2, 0) is 10.0 Å². The average molecular weight is 371 g/mol. The van der Waals surface area contributed by atoms with E-state index in [1.165, 1.54) is 3.97 Å². The number of rotatable bonds is 2. The molecule has 1 aromatic heterocycles. The first kappa shape index (κ1) is 16.1. The Labute approximate surface area is 157 Å². The van der Waals surface area contributed by atoms with Crippen molar-refractivity contribution < 1.29 is 8.42 Å². The Kier molecular flexibility index (Phi) is 3.39. The second-order valence-corrected chi connectivity index (χ2v) is 8.60. The topological polar surface area (TPSA) is 39.1 Å². The Morgan fingerprint density at radius 3 is 2.04 bits per heavy atom. The van der Waals surface area contributed by atoms with E-state index in [4.69, 9.17) is 0 Å². The van der Waals surface area contributed by atoms with E-state index in [9.17, 15) is 8.42 Å². The van der Waals surface area contributed by atoms with E-state index in [1.807, 2.05) is 67.6 Å². The quantitative estimate of drug-likeness (QED) is 0.411. The summed E-state index contributed by atoms with van der Waals surface area (Å²) in [4.78, 5) is 0.295. The van der Waals surface area contributed by atoms with Crippen molar-refractivity contribution in [2.24, 2.45) is 0 Å². The van der Waals surface area contributed by atoms with E-state index >= 15 is 0 Å². The lowest BCUT2D eigenvalue weighted by Crippen LogP contribution is -2.12. The van der Waals surface area contributed by atoms with Crippen molar-refractivity contribution in [3.8, 4) is 0 Å². The molecular formula is C23H17NO2S. The molecule has 0 aliphatic rings. The predicted molar refractivity (Wildman–Crippen MR) is 111 cm³/mol. The number of fused-ring (bicyclic) bond motifs is 4. The SMILES string of the molecule is Cc1ccc(S(=O)(=O)n2c3ccccc3c3cc4ccccc4cc32)cc1. The minimum Gasteiger partial charge on any atom is -0.233 e. The average Bonchev–Trinajstić information content (AvgIpc) is 3.00. The van der Waals surface area contributed by atoms with Crippen molar-refractivity contribution in [1.29, 1.82) is 0 Å². The van der Waals surface area contributed by atoms with Gasteiger partial charge in [-0.2, -0.15) is 0 Å². The smallest absolute Gasteiger partial charge is 0.233 e. The zero-order valence-corrected chi connectivity index (χ0v) is 15.6. The molecule has 132 valence electrons. The molecule has 5 rings (SSSR count). The summed E-state index contributed by atoms with van der Waals surface area (Å²) >= 11 is 0. The molecular weight excluding hydrogens is 354 g/mol.